The van der Waals surface area contributed by atoms with Gasteiger partial charge in [-0.1, -0.05) is 22.9 Å². The Morgan fingerprint density at radius 2 is 2.12 bits per heavy atom. The van der Waals surface area contributed by atoms with Crippen molar-refractivity contribution in [2.75, 3.05) is 0 Å². The molecule has 2 rings (SSSR count). The molecule has 4 nitrogen and oxygen atoms in total. The minimum absolute atomic E-state index is 0.0329. The van der Waals surface area contributed by atoms with E-state index in [1.165, 1.54) is 0 Å². The second kappa shape index (κ2) is 5.01. The van der Waals surface area contributed by atoms with Crippen LogP contribution in [-0.2, 0) is 13.2 Å². The lowest BCUT2D eigenvalue weighted by molar-refractivity contribution is 0.254. The van der Waals surface area contributed by atoms with Gasteiger partial charge >= 0.3 is 0 Å². The van der Waals surface area contributed by atoms with Gasteiger partial charge in [-0.25, -0.2) is 0 Å². The summed E-state index contributed by atoms with van der Waals surface area (Å²) in [6, 6.07) is 7.53. The van der Waals surface area contributed by atoms with Crippen molar-refractivity contribution in [3.8, 4) is 5.75 Å². The fraction of sp³-hybridized carbons (Fsp3) is 0.308. The summed E-state index contributed by atoms with van der Waals surface area (Å²) in [4.78, 5) is 0. The van der Waals surface area contributed by atoms with E-state index >= 15 is 0 Å². The normalized spacial score (nSPS) is 10.5. The number of nitrogens with zero attached hydrogens (tertiary/aromatic N) is 1. The maximum absolute atomic E-state index is 9.23. The molecule has 1 N–H and O–H groups in total. The van der Waals surface area contributed by atoms with Crippen molar-refractivity contribution in [2.45, 2.75) is 27.1 Å². The molecule has 0 aliphatic carbocycles. The highest BCUT2D eigenvalue weighted by Gasteiger charge is 2.05. The molecular formula is C13H15NO3. The Hall–Kier alpha value is -1.81. The van der Waals surface area contributed by atoms with E-state index in [9.17, 15) is 5.11 Å². The van der Waals surface area contributed by atoms with E-state index in [4.69, 9.17) is 9.26 Å². The third-order valence-electron chi connectivity index (χ3n) is 2.44. The van der Waals surface area contributed by atoms with E-state index in [0.717, 1.165) is 22.6 Å². The van der Waals surface area contributed by atoms with Crippen LogP contribution < -0.4 is 4.74 Å². The number of hydrogen-bond donors (Lipinski definition) is 1. The zero-order chi connectivity index (χ0) is 12.3. The first-order valence-corrected chi connectivity index (χ1v) is 5.44. The van der Waals surface area contributed by atoms with Gasteiger partial charge in [0.05, 0.1) is 6.61 Å². The van der Waals surface area contributed by atoms with Crippen molar-refractivity contribution in [1.82, 2.24) is 5.16 Å². The standard InChI is InChI=1S/C13H15NO3/c1-9-3-4-13(11(5-9)7-15)16-8-12-6-10(2)17-14-12/h3-6,15H,7-8H2,1-2H3. The molecule has 17 heavy (non-hydrogen) atoms. The topological polar surface area (TPSA) is 55.5 Å². The summed E-state index contributed by atoms with van der Waals surface area (Å²) in [5.74, 6) is 1.44. The Kier molecular flexibility index (Phi) is 3.44. The van der Waals surface area contributed by atoms with Gasteiger partial charge in [0.25, 0.3) is 0 Å². The van der Waals surface area contributed by atoms with Gasteiger partial charge in [0.2, 0.25) is 0 Å². The van der Waals surface area contributed by atoms with Gasteiger partial charge in [0.1, 0.15) is 23.8 Å². The summed E-state index contributed by atoms with van der Waals surface area (Å²) in [7, 11) is 0. The molecule has 90 valence electrons. The lowest BCUT2D eigenvalue weighted by atomic mass is 10.1. The molecular weight excluding hydrogens is 218 g/mol. The molecule has 2 aromatic rings. The number of aliphatic hydroxyl groups is 1. The van der Waals surface area contributed by atoms with Crippen molar-refractivity contribution < 1.29 is 14.4 Å². The molecule has 0 fully saturated rings. The van der Waals surface area contributed by atoms with Crippen LogP contribution in [-0.4, -0.2) is 10.3 Å². The van der Waals surface area contributed by atoms with Gasteiger partial charge < -0.3 is 14.4 Å². The number of hydrogen-bond acceptors (Lipinski definition) is 4. The number of ether oxygens (including phenoxy) is 1. The predicted octanol–water partition coefficient (Wildman–Crippen LogP) is 2.36. The fourth-order valence-corrected chi connectivity index (χ4v) is 1.61. The van der Waals surface area contributed by atoms with Crippen molar-refractivity contribution in [3.05, 3.63) is 46.8 Å². The first-order valence-electron chi connectivity index (χ1n) is 5.44. The molecule has 4 heteroatoms. The van der Waals surface area contributed by atoms with Crippen LogP contribution in [0.25, 0.3) is 0 Å². The number of aliphatic hydroxyl groups excluding tert-OH is 1. The summed E-state index contributed by atoms with van der Waals surface area (Å²) >= 11 is 0. The molecule has 0 radical (unpaired) electrons. The highest BCUT2D eigenvalue weighted by molar-refractivity contribution is 5.36. The average Bonchev–Trinajstić information content (AvgIpc) is 2.73. The Bertz CT molecular complexity index is 505. The Morgan fingerprint density at radius 3 is 2.76 bits per heavy atom. The van der Waals surface area contributed by atoms with Gasteiger partial charge in [-0.3, -0.25) is 0 Å². The minimum atomic E-state index is -0.0329. The summed E-state index contributed by atoms with van der Waals surface area (Å²) in [5, 5.41) is 13.1. The lowest BCUT2D eigenvalue weighted by Gasteiger charge is -2.09. The zero-order valence-electron chi connectivity index (χ0n) is 9.93. The van der Waals surface area contributed by atoms with Crippen molar-refractivity contribution in [2.24, 2.45) is 0 Å². The van der Waals surface area contributed by atoms with Gasteiger partial charge in [0.15, 0.2) is 0 Å². The first-order chi connectivity index (χ1) is 8.19. The van der Waals surface area contributed by atoms with E-state index in [-0.39, 0.29) is 6.61 Å². The molecule has 0 aliphatic heterocycles. The van der Waals surface area contributed by atoms with E-state index in [1.807, 2.05) is 38.1 Å². The van der Waals surface area contributed by atoms with Crippen LogP contribution in [0.1, 0.15) is 22.6 Å². The third kappa shape index (κ3) is 2.85. The largest absolute Gasteiger partial charge is 0.487 e. The molecule has 0 spiro atoms. The third-order valence-corrected chi connectivity index (χ3v) is 2.44. The van der Waals surface area contributed by atoms with E-state index in [2.05, 4.69) is 5.16 Å². The minimum Gasteiger partial charge on any atom is -0.487 e. The number of aromatic nitrogens is 1. The van der Waals surface area contributed by atoms with Crippen LogP contribution >= 0.6 is 0 Å². The van der Waals surface area contributed by atoms with E-state index < -0.39 is 0 Å². The molecule has 0 saturated heterocycles. The molecule has 0 bridgehead atoms. The number of benzene rings is 1. The van der Waals surface area contributed by atoms with Gasteiger partial charge in [-0.05, 0) is 19.9 Å². The van der Waals surface area contributed by atoms with Gasteiger partial charge in [0, 0.05) is 11.6 Å². The Labute approximate surface area is 99.8 Å². The van der Waals surface area contributed by atoms with E-state index in [1.54, 1.807) is 0 Å². The highest BCUT2D eigenvalue weighted by atomic mass is 16.5. The molecule has 0 unspecified atom stereocenters. The van der Waals surface area contributed by atoms with Crippen molar-refractivity contribution in [1.29, 1.82) is 0 Å². The number of aryl methyl sites for hydroxylation is 2. The molecule has 1 aromatic carbocycles. The Balaban J connectivity index is 2.08. The van der Waals surface area contributed by atoms with Crippen LogP contribution in [0.15, 0.2) is 28.8 Å². The van der Waals surface area contributed by atoms with Crippen LogP contribution in [0.3, 0.4) is 0 Å². The lowest BCUT2D eigenvalue weighted by Crippen LogP contribution is -1.99. The molecule has 1 heterocycles. The van der Waals surface area contributed by atoms with Crippen LogP contribution in [0, 0.1) is 13.8 Å². The fourth-order valence-electron chi connectivity index (χ4n) is 1.61. The average molecular weight is 233 g/mol. The summed E-state index contributed by atoms with van der Waals surface area (Å²) in [5.41, 5.74) is 2.62. The summed E-state index contributed by atoms with van der Waals surface area (Å²) in [6.45, 7) is 4.12. The number of rotatable bonds is 4. The highest BCUT2D eigenvalue weighted by Crippen LogP contribution is 2.21. The smallest absolute Gasteiger partial charge is 0.134 e. The molecule has 0 saturated carbocycles. The van der Waals surface area contributed by atoms with Crippen LogP contribution in [0.2, 0.25) is 0 Å². The maximum atomic E-state index is 9.23. The maximum Gasteiger partial charge on any atom is 0.134 e. The Morgan fingerprint density at radius 1 is 1.29 bits per heavy atom. The predicted molar refractivity (Wildman–Crippen MR) is 62.7 cm³/mol. The SMILES string of the molecule is Cc1ccc(OCc2cc(C)on2)c(CO)c1. The summed E-state index contributed by atoms with van der Waals surface area (Å²) < 4.78 is 10.5. The van der Waals surface area contributed by atoms with Crippen LogP contribution in [0.5, 0.6) is 5.75 Å². The van der Waals surface area contributed by atoms with E-state index in [0.29, 0.717) is 12.4 Å². The zero-order valence-corrected chi connectivity index (χ0v) is 9.93. The van der Waals surface area contributed by atoms with Gasteiger partial charge in [-0.2, -0.15) is 0 Å². The molecule has 0 amide bonds. The quantitative estimate of drug-likeness (QED) is 0.880. The van der Waals surface area contributed by atoms with Gasteiger partial charge in [-0.15, -0.1) is 0 Å². The molecule has 0 atom stereocenters. The second-order valence-corrected chi connectivity index (χ2v) is 3.99. The molecule has 0 aliphatic rings. The van der Waals surface area contributed by atoms with Crippen molar-refractivity contribution in [3.63, 3.8) is 0 Å². The summed E-state index contributed by atoms with van der Waals surface area (Å²) in [6.07, 6.45) is 0. The van der Waals surface area contributed by atoms with Crippen molar-refractivity contribution >= 4 is 0 Å². The molecule has 1 aromatic heterocycles. The second-order valence-electron chi connectivity index (χ2n) is 3.99. The monoisotopic (exact) mass is 233 g/mol. The first kappa shape index (κ1) is 11.7. The van der Waals surface area contributed by atoms with Crippen LogP contribution in [0.4, 0.5) is 0 Å².